The molecular weight excluding hydrogens is 200 g/mol. The van der Waals surface area contributed by atoms with Gasteiger partial charge in [0.25, 0.3) is 0 Å². The van der Waals surface area contributed by atoms with Crippen molar-refractivity contribution < 1.29 is 5.11 Å². The van der Waals surface area contributed by atoms with Crippen molar-refractivity contribution in [2.45, 2.75) is 5.60 Å². The van der Waals surface area contributed by atoms with Gasteiger partial charge in [-0.3, -0.25) is 9.97 Å². The second kappa shape index (κ2) is 3.00. The zero-order valence-electron chi connectivity index (χ0n) is 8.59. The first-order valence-electron chi connectivity index (χ1n) is 5.04. The molecule has 0 fully saturated rings. The monoisotopic (exact) mass is 210 g/mol. The summed E-state index contributed by atoms with van der Waals surface area (Å²) in [6, 6.07) is 7.57. The smallest absolute Gasteiger partial charge is 0.168 e. The Bertz CT molecular complexity index is 532. The minimum Gasteiger partial charge on any atom is -0.373 e. The molecule has 0 radical (unpaired) electrons. The summed E-state index contributed by atoms with van der Waals surface area (Å²) >= 11 is 0. The third-order valence-electron chi connectivity index (χ3n) is 2.92. The molecule has 3 nitrogen and oxygen atoms in total. The number of nitrogens with zero attached hydrogens (tertiary/aromatic N) is 2. The Morgan fingerprint density at radius 3 is 2.00 bits per heavy atom. The van der Waals surface area contributed by atoms with Crippen LogP contribution in [0.2, 0.25) is 0 Å². The van der Waals surface area contributed by atoms with Crippen LogP contribution in [0.5, 0.6) is 0 Å². The van der Waals surface area contributed by atoms with Crippen molar-refractivity contribution in [2.24, 2.45) is 0 Å². The fourth-order valence-corrected chi connectivity index (χ4v) is 2.16. The van der Waals surface area contributed by atoms with Crippen LogP contribution in [0.1, 0.15) is 11.4 Å². The predicted molar refractivity (Wildman–Crippen MR) is 60.7 cm³/mol. The Labute approximate surface area is 93.1 Å². The number of hydrogen-bond acceptors (Lipinski definition) is 3. The first-order valence-corrected chi connectivity index (χ1v) is 5.04. The summed E-state index contributed by atoms with van der Waals surface area (Å²) in [5, 5.41) is 10.6. The zero-order valence-corrected chi connectivity index (χ0v) is 8.59. The molecular formula is C13H10N2O. The van der Waals surface area contributed by atoms with Gasteiger partial charge in [0.15, 0.2) is 5.60 Å². The van der Waals surface area contributed by atoms with Crippen molar-refractivity contribution in [3.63, 3.8) is 0 Å². The van der Waals surface area contributed by atoms with Crippen LogP contribution in [0.25, 0.3) is 11.1 Å². The van der Waals surface area contributed by atoms with Crippen molar-refractivity contribution in [3.8, 4) is 11.1 Å². The highest BCUT2D eigenvalue weighted by molar-refractivity contribution is 5.77. The molecule has 0 bridgehead atoms. The molecule has 1 aliphatic carbocycles. The molecule has 1 aliphatic rings. The summed E-state index contributed by atoms with van der Waals surface area (Å²) < 4.78 is 0. The molecule has 3 rings (SSSR count). The number of aromatic nitrogens is 2. The van der Waals surface area contributed by atoms with E-state index in [-0.39, 0.29) is 0 Å². The largest absolute Gasteiger partial charge is 0.373 e. The van der Waals surface area contributed by atoms with E-state index in [0.29, 0.717) is 11.4 Å². The van der Waals surface area contributed by atoms with Crippen LogP contribution in [0.4, 0.5) is 0 Å². The van der Waals surface area contributed by atoms with Crippen LogP contribution < -0.4 is 0 Å². The first-order chi connectivity index (χ1) is 7.77. The van der Waals surface area contributed by atoms with Gasteiger partial charge in [-0.1, -0.05) is 18.7 Å². The van der Waals surface area contributed by atoms with E-state index in [1.165, 1.54) is 6.08 Å². The standard InChI is InChI=1S/C13H10N2O/c1-2-13(16)11-9(5-3-7-14-11)10-6-4-8-15-12(10)13/h2-8,16H,1H2. The maximum atomic E-state index is 10.6. The minimum absolute atomic E-state index is 0.610. The summed E-state index contributed by atoms with van der Waals surface area (Å²) in [5.41, 5.74) is 1.81. The summed E-state index contributed by atoms with van der Waals surface area (Å²) in [6.45, 7) is 3.68. The molecule has 0 saturated carbocycles. The maximum absolute atomic E-state index is 10.6. The molecule has 0 saturated heterocycles. The van der Waals surface area contributed by atoms with E-state index in [4.69, 9.17) is 0 Å². The van der Waals surface area contributed by atoms with Crippen LogP contribution in [0, 0.1) is 0 Å². The quantitative estimate of drug-likeness (QED) is 0.731. The number of fused-ring (bicyclic) bond motifs is 3. The van der Waals surface area contributed by atoms with Gasteiger partial charge in [0.05, 0.1) is 11.4 Å². The number of aliphatic hydroxyl groups is 1. The molecule has 0 aromatic carbocycles. The van der Waals surface area contributed by atoms with Gasteiger partial charge in [-0.15, -0.1) is 0 Å². The number of hydrogen-bond donors (Lipinski definition) is 1. The van der Waals surface area contributed by atoms with Crippen LogP contribution >= 0.6 is 0 Å². The summed E-state index contributed by atoms with van der Waals surface area (Å²) in [7, 11) is 0. The Hall–Kier alpha value is -2.00. The lowest BCUT2D eigenvalue weighted by atomic mass is 10.00. The van der Waals surface area contributed by atoms with Gasteiger partial charge in [-0.2, -0.15) is 0 Å². The normalized spacial score (nSPS) is 15.3. The third-order valence-corrected chi connectivity index (χ3v) is 2.92. The van der Waals surface area contributed by atoms with Gasteiger partial charge in [0.1, 0.15) is 0 Å². The molecule has 2 aromatic rings. The van der Waals surface area contributed by atoms with E-state index >= 15 is 0 Å². The van der Waals surface area contributed by atoms with Gasteiger partial charge in [-0.05, 0) is 18.2 Å². The topological polar surface area (TPSA) is 46.0 Å². The van der Waals surface area contributed by atoms with E-state index in [2.05, 4.69) is 16.5 Å². The van der Waals surface area contributed by atoms with E-state index in [1.54, 1.807) is 12.4 Å². The highest BCUT2D eigenvalue weighted by Crippen LogP contribution is 2.45. The molecule has 0 spiro atoms. The molecule has 0 unspecified atom stereocenters. The van der Waals surface area contributed by atoms with Crippen molar-refractivity contribution in [1.29, 1.82) is 0 Å². The molecule has 3 heteroatoms. The SMILES string of the molecule is C=CC1(O)c2ncccc2-c2cccnc21. The first kappa shape index (κ1) is 9.24. The molecule has 0 atom stereocenters. The second-order valence-corrected chi connectivity index (χ2v) is 3.77. The maximum Gasteiger partial charge on any atom is 0.168 e. The fourth-order valence-electron chi connectivity index (χ4n) is 2.16. The summed E-state index contributed by atoms with van der Waals surface area (Å²) in [6.07, 6.45) is 4.82. The van der Waals surface area contributed by atoms with Crippen LogP contribution in [-0.4, -0.2) is 15.1 Å². The lowest BCUT2D eigenvalue weighted by Crippen LogP contribution is -2.23. The molecule has 1 N–H and O–H groups in total. The average Bonchev–Trinajstić information content (AvgIpc) is 2.62. The second-order valence-electron chi connectivity index (χ2n) is 3.77. The average molecular weight is 210 g/mol. The molecule has 2 aromatic heterocycles. The van der Waals surface area contributed by atoms with Crippen LogP contribution in [0.15, 0.2) is 49.3 Å². The van der Waals surface area contributed by atoms with Gasteiger partial charge in [0.2, 0.25) is 0 Å². The predicted octanol–water partition coefficient (Wildman–Crippen LogP) is 1.88. The van der Waals surface area contributed by atoms with Gasteiger partial charge < -0.3 is 5.11 Å². The van der Waals surface area contributed by atoms with E-state index in [9.17, 15) is 5.11 Å². The molecule has 2 heterocycles. The Balaban J connectivity index is 2.43. The third kappa shape index (κ3) is 0.955. The van der Waals surface area contributed by atoms with Crippen molar-refractivity contribution >= 4 is 0 Å². The Kier molecular flexibility index (Phi) is 1.73. The molecule has 0 aliphatic heterocycles. The van der Waals surface area contributed by atoms with Gasteiger partial charge in [0, 0.05) is 23.5 Å². The minimum atomic E-state index is -1.26. The molecule has 78 valence electrons. The van der Waals surface area contributed by atoms with E-state index < -0.39 is 5.60 Å². The summed E-state index contributed by atoms with van der Waals surface area (Å²) in [4.78, 5) is 8.47. The molecule has 16 heavy (non-hydrogen) atoms. The number of pyridine rings is 2. The lowest BCUT2D eigenvalue weighted by molar-refractivity contribution is 0.130. The lowest BCUT2D eigenvalue weighted by Gasteiger charge is -2.18. The number of rotatable bonds is 1. The van der Waals surface area contributed by atoms with Gasteiger partial charge >= 0.3 is 0 Å². The highest BCUT2D eigenvalue weighted by Gasteiger charge is 2.41. The van der Waals surface area contributed by atoms with Gasteiger partial charge in [-0.25, -0.2) is 0 Å². The molecule has 0 amide bonds. The van der Waals surface area contributed by atoms with Crippen LogP contribution in [0.3, 0.4) is 0 Å². The van der Waals surface area contributed by atoms with E-state index in [1.807, 2.05) is 24.3 Å². The van der Waals surface area contributed by atoms with Crippen LogP contribution in [-0.2, 0) is 5.60 Å². The highest BCUT2D eigenvalue weighted by atomic mass is 16.3. The van der Waals surface area contributed by atoms with Crippen molar-refractivity contribution in [3.05, 3.63) is 60.7 Å². The fraction of sp³-hybridized carbons (Fsp3) is 0.0769. The summed E-state index contributed by atoms with van der Waals surface area (Å²) in [5.74, 6) is 0. The Morgan fingerprint density at radius 2 is 1.56 bits per heavy atom. The zero-order chi connectivity index (χ0) is 11.2. The Morgan fingerprint density at radius 1 is 1.06 bits per heavy atom. The van der Waals surface area contributed by atoms with Crippen molar-refractivity contribution in [1.82, 2.24) is 9.97 Å². The van der Waals surface area contributed by atoms with Crippen molar-refractivity contribution in [2.75, 3.05) is 0 Å². The van der Waals surface area contributed by atoms with E-state index in [0.717, 1.165) is 11.1 Å².